The summed E-state index contributed by atoms with van der Waals surface area (Å²) in [5.41, 5.74) is 1.56. The maximum atomic E-state index is 13.0. The summed E-state index contributed by atoms with van der Waals surface area (Å²) in [4.78, 5) is 12.2. The van der Waals surface area contributed by atoms with Crippen LogP contribution in [0.2, 0.25) is 0 Å². The highest BCUT2D eigenvalue weighted by atomic mass is 18.2. The van der Waals surface area contributed by atoms with Crippen LogP contribution in [0.1, 0.15) is 36.3 Å². The Balaban J connectivity index is 2.43. The maximum absolute atomic E-state index is 13.0. The van der Waals surface area contributed by atoms with E-state index in [2.05, 4.69) is 0 Å². The summed E-state index contributed by atoms with van der Waals surface area (Å²) in [5, 5.41) is 18.8. The molecule has 0 bridgehead atoms. The minimum absolute atomic E-state index is 0.0581. The summed E-state index contributed by atoms with van der Waals surface area (Å²) >= 11 is 0. The average molecular weight is 301 g/mol. The molecule has 2 N–H and O–H groups in total. The largest absolute Gasteiger partial charge is 0.508 e. The molecule has 0 spiro atoms. The van der Waals surface area contributed by atoms with Crippen molar-refractivity contribution in [2.24, 2.45) is 0 Å². The fourth-order valence-corrected chi connectivity index (χ4v) is 2.80. The molecule has 0 aromatic heterocycles. The van der Waals surface area contributed by atoms with Gasteiger partial charge in [-0.1, -0.05) is 24.3 Å². The predicted molar refractivity (Wildman–Crippen MR) is 83.0 cm³/mol. The number of phenolic OH excluding ortho intramolecular Hbond substituents is 2. The summed E-state index contributed by atoms with van der Waals surface area (Å²) in [6.07, 6.45) is 0.218. The Labute approximate surface area is 129 Å². The number of phenols is 2. The quantitative estimate of drug-likeness (QED) is 0.850. The molecule has 0 aliphatic heterocycles. The minimum atomic E-state index is -0.534. The van der Waals surface area contributed by atoms with Gasteiger partial charge in [0, 0.05) is 11.8 Å². The van der Waals surface area contributed by atoms with Crippen LogP contribution in [0.4, 0.5) is 4.39 Å². The second kappa shape index (κ2) is 7.07. The van der Waals surface area contributed by atoms with Gasteiger partial charge in [-0.3, -0.25) is 9.18 Å². The van der Waals surface area contributed by atoms with Crippen molar-refractivity contribution in [1.82, 2.24) is 0 Å². The number of ketones is 1. The van der Waals surface area contributed by atoms with Crippen molar-refractivity contribution in [2.75, 3.05) is 6.67 Å². The Morgan fingerprint density at radius 2 is 1.41 bits per heavy atom. The fraction of sp³-hybridized carbons (Fsp3) is 0.278. The third kappa shape index (κ3) is 3.64. The molecule has 0 fully saturated rings. The van der Waals surface area contributed by atoms with Crippen LogP contribution < -0.4 is 0 Å². The number of carbonyl (C=O) groups excluding carboxylic acids is 1. The van der Waals surface area contributed by atoms with Crippen molar-refractivity contribution in [3.8, 4) is 11.5 Å². The second-order valence-corrected chi connectivity index (χ2v) is 5.36. The normalized spacial score (nSPS) is 13.5. The molecule has 116 valence electrons. The zero-order valence-electron chi connectivity index (χ0n) is 12.4. The molecule has 0 unspecified atom stereocenters. The lowest BCUT2D eigenvalue weighted by molar-refractivity contribution is -0.119. The molecule has 2 atom stereocenters. The van der Waals surface area contributed by atoms with E-state index in [1.165, 1.54) is 31.2 Å². The summed E-state index contributed by atoms with van der Waals surface area (Å²) in [6.45, 7) is 0.955. The first-order valence-electron chi connectivity index (χ1n) is 7.17. The first kappa shape index (κ1) is 16.0. The lowest BCUT2D eigenvalue weighted by Gasteiger charge is -2.25. The Bertz CT molecular complexity index is 620. The smallest absolute Gasteiger partial charge is 0.137 e. The van der Waals surface area contributed by atoms with Gasteiger partial charge in [0.2, 0.25) is 0 Å². The predicted octanol–water partition coefficient (Wildman–Crippen LogP) is 3.91. The number of aromatic hydroxyl groups is 2. The number of rotatable bonds is 6. The van der Waals surface area contributed by atoms with Gasteiger partial charge >= 0.3 is 0 Å². The summed E-state index contributed by atoms with van der Waals surface area (Å²) in [5.74, 6) is -0.602. The molecule has 0 saturated heterocycles. The van der Waals surface area contributed by atoms with Gasteiger partial charge in [-0.2, -0.15) is 0 Å². The molecule has 0 radical (unpaired) electrons. The number of Topliss-reactive ketones (excluding diaryl/α,β-unsaturated/α-hetero) is 1. The van der Waals surface area contributed by atoms with Crippen molar-refractivity contribution < 1.29 is 19.4 Å². The zero-order valence-corrected chi connectivity index (χ0v) is 12.4. The van der Waals surface area contributed by atoms with Gasteiger partial charge in [0.05, 0.1) is 6.67 Å². The monoisotopic (exact) mass is 301 g/mol. The van der Waals surface area contributed by atoms with Crippen LogP contribution in [0.15, 0.2) is 48.5 Å². The molecule has 0 saturated carbocycles. The molecule has 2 rings (SSSR count). The van der Waals surface area contributed by atoms with Gasteiger partial charge in [-0.15, -0.1) is 0 Å². The molecule has 0 aliphatic rings. The van der Waals surface area contributed by atoms with Crippen molar-refractivity contribution in [1.29, 1.82) is 0 Å². The Kier molecular flexibility index (Phi) is 5.15. The van der Waals surface area contributed by atoms with E-state index < -0.39 is 12.6 Å². The highest BCUT2D eigenvalue weighted by Gasteiger charge is 2.28. The fourth-order valence-electron chi connectivity index (χ4n) is 2.80. The number of alkyl halides is 1. The van der Waals surface area contributed by atoms with E-state index in [0.717, 1.165) is 11.1 Å². The van der Waals surface area contributed by atoms with Crippen LogP contribution in [-0.2, 0) is 4.79 Å². The van der Waals surface area contributed by atoms with Crippen LogP contribution in [0.3, 0.4) is 0 Å². The molecule has 0 amide bonds. The SMILES string of the molecule is CC(=O)[C@@H](c1ccc(O)cc1)[C@H](CC[18F])c1ccc(O)cc1. The molecule has 2 aromatic carbocycles. The van der Waals surface area contributed by atoms with Gasteiger partial charge in [0.1, 0.15) is 17.3 Å². The van der Waals surface area contributed by atoms with Crippen LogP contribution in [0.25, 0.3) is 0 Å². The number of hydrogen-bond donors (Lipinski definition) is 2. The summed E-state index contributed by atoms with van der Waals surface area (Å²) < 4.78 is 13.0. The van der Waals surface area contributed by atoms with Crippen molar-refractivity contribution in [3.05, 3.63) is 59.7 Å². The first-order valence-corrected chi connectivity index (χ1v) is 7.17. The highest BCUT2D eigenvalue weighted by Crippen LogP contribution is 2.37. The van der Waals surface area contributed by atoms with Gasteiger partial charge in [-0.05, 0) is 48.7 Å². The number of benzene rings is 2. The van der Waals surface area contributed by atoms with Gasteiger partial charge < -0.3 is 10.2 Å². The van der Waals surface area contributed by atoms with Crippen LogP contribution in [0.5, 0.6) is 11.5 Å². The van der Waals surface area contributed by atoms with E-state index in [1.54, 1.807) is 24.3 Å². The van der Waals surface area contributed by atoms with Crippen LogP contribution >= 0.6 is 0 Å². The van der Waals surface area contributed by atoms with E-state index in [1.807, 2.05) is 0 Å². The van der Waals surface area contributed by atoms with E-state index >= 15 is 0 Å². The zero-order chi connectivity index (χ0) is 16.1. The first-order chi connectivity index (χ1) is 10.5. The average Bonchev–Trinajstić information content (AvgIpc) is 2.49. The third-order valence-electron chi connectivity index (χ3n) is 3.83. The molecular formula is C18H19FO3. The van der Waals surface area contributed by atoms with E-state index in [4.69, 9.17) is 0 Å². The lowest BCUT2D eigenvalue weighted by Crippen LogP contribution is -2.19. The number of hydrogen-bond acceptors (Lipinski definition) is 3. The molecular weight excluding hydrogens is 282 g/mol. The topological polar surface area (TPSA) is 57.5 Å². The summed E-state index contributed by atoms with van der Waals surface area (Å²) in [6, 6.07) is 12.9. The standard InChI is InChI=1S/C18H19FO3/c1-12(20)18(14-4-8-16(22)9-5-14)17(10-11-19)13-2-6-15(21)7-3-13/h2-9,17-18,21-22H,10-11H2,1H3/t17-,18+/m1/s1/i19-1. The Morgan fingerprint density at radius 3 is 1.82 bits per heavy atom. The van der Waals surface area contributed by atoms with Crippen molar-refractivity contribution >= 4 is 5.78 Å². The minimum Gasteiger partial charge on any atom is -0.508 e. The van der Waals surface area contributed by atoms with E-state index in [-0.39, 0.29) is 29.6 Å². The molecule has 3 nitrogen and oxygen atoms in total. The van der Waals surface area contributed by atoms with Crippen LogP contribution in [0, 0.1) is 0 Å². The van der Waals surface area contributed by atoms with Gasteiger partial charge in [0.15, 0.2) is 0 Å². The molecule has 2 aromatic rings. The molecule has 4 heteroatoms. The van der Waals surface area contributed by atoms with Gasteiger partial charge in [-0.25, -0.2) is 0 Å². The molecule has 0 aliphatic carbocycles. The van der Waals surface area contributed by atoms with Crippen molar-refractivity contribution in [3.63, 3.8) is 0 Å². The van der Waals surface area contributed by atoms with E-state index in [9.17, 15) is 19.4 Å². The molecule has 0 heterocycles. The Hall–Kier alpha value is -2.36. The Morgan fingerprint density at radius 1 is 0.955 bits per heavy atom. The summed E-state index contributed by atoms with van der Waals surface area (Å²) in [7, 11) is 0. The van der Waals surface area contributed by atoms with E-state index in [0.29, 0.717) is 0 Å². The van der Waals surface area contributed by atoms with Crippen molar-refractivity contribution in [2.45, 2.75) is 25.2 Å². The highest BCUT2D eigenvalue weighted by molar-refractivity contribution is 5.84. The molecule has 22 heavy (non-hydrogen) atoms. The third-order valence-corrected chi connectivity index (χ3v) is 3.83. The number of halogens is 1. The second-order valence-electron chi connectivity index (χ2n) is 5.36. The van der Waals surface area contributed by atoms with Crippen LogP contribution in [-0.4, -0.2) is 22.7 Å². The maximum Gasteiger partial charge on any atom is 0.137 e. The lowest BCUT2D eigenvalue weighted by atomic mass is 9.77. The van der Waals surface area contributed by atoms with Gasteiger partial charge in [0.25, 0.3) is 0 Å². The number of carbonyl (C=O) groups is 1.